The number of hydrogen-bond acceptors (Lipinski definition) is 18. The topological polar surface area (TPSA) is 275 Å². The molecule has 1 unspecified atom stereocenters. The van der Waals surface area contributed by atoms with Gasteiger partial charge in [-0.1, -0.05) is 18.2 Å². The molecule has 3 aromatic heterocycles. The molecule has 5 aromatic rings. The normalized spacial score (nSPS) is 14.5. The van der Waals surface area contributed by atoms with Crippen LogP contribution in [-0.2, 0) is 49.3 Å². The van der Waals surface area contributed by atoms with E-state index in [2.05, 4.69) is 36.4 Å². The summed E-state index contributed by atoms with van der Waals surface area (Å²) in [7, 11) is 0. The van der Waals surface area contributed by atoms with E-state index < -0.39 is 35.6 Å². The van der Waals surface area contributed by atoms with E-state index >= 15 is 0 Å². The van der Waals surface area contributed by atoms with Crippen molar-refractivity contribution in [2.45, 2.75) is 38.3 Å². The number of furan rings is 1. The molecular weight excluding hydrogens is 927 g/mol. The van der Waals surface area contributed by atoms with Crippen LogP contribution in [0.25, 0.3) is 16.8 Å². The molecule has 0 saturated carbocycles. The van der Waals surface area contributed by atoms with Crippen LogP contribution in [-0.4, -0.2) is 165 Å². The number of benzene rings is 2. The van der Waals surface area contributed by atoms with E-state index in [-0.39, 0.29) is 42.2 Å². The zero-order valence-electron chi connectivity index (χ0n) is 39.1. The van der Waals surface area contributed by atoms with Crippen molar-refractivity contribution < 1.29 is 66.3 Å². The first-order chi connectivity index (χ1) is 34.8. The summed E-state index contributed by atoms with van der Waals surface area (Å²) in [5.41, 5.74) is 2.81. The lowest BCUT2D eigenvalue weighted by molar-refractivity contribution is -0.136. The number of amides is 6. The largest absolute Gasteiger partial charge is 0.483 e. The quantitative estimate of drug-likeness (QED) is 0.0355. The smallest absolute Gasteiger partial charge is 0.266 e. The Hall–Kier alpha value is -7.15. The van der Waals surface area contributed by atoms with E-state index in [0.717, 1.165) is 21.8 Å². The number of carbonyl (C=O) groups is 6. The van der Waals surface area contributed by atoms with Crippen molar-refractivity contribution >= 4 is 47.0 Å². The van der Waals surface area contributed by atoms with Crippen LogP contribution in [0.2, 0.25) is 0 Å². The molecule has 378 valence electrons. The van der Waals surface area contributed by atoms with Crippen LogP contribution in [0, 0.1) is 0 Å². The zero-order valence-corrected chi connectivity index (χ0v) is 39.1. The fourth-order valence-corrected chi connectivity index (χ4v) is 7.43. The van der Waals surface area contributed by atoms with Gasteiger partial charge in [0.15, 0.2) is 12.3 Å². The first-order valence-corrected chi connectivity index (χ1v) is 23.3. The summed E-state index contributed by atoms with van der Waals surface area (Å²) in [5.74, 6) is -1.73. The van der Waals surface area contributed by atoms with Gasteiger partial charge >= 0.3 is 0 Å². The van der Waals surface area contributed by atoms with E-state index in [1.54, 1.807) is 35.3 Å². The predicted octanol–water partition coefficient (Wildman–Crippen LogP) is 2.20. The van der Waals surface area contributed by atoms with Crippen LogP contribution in [0.3, 0.4) is 0 Å². The number of carbonyl (C=O) groups excluding carboxylic acids is 6. The highest BCUT2D eigenvalue weighted by Gasteiger charge is 2.46. The van der Waals surface area contributed by atoms with Gasteiger partial charge in [-0.15, -0.1) is 10.2 Å². The highest BCUT2D eigenvalue weighted by molar-refractivity contribution is 6.24. The maximum absolute atomic E-state index is 13.2. The minimum absolute atomic E-state index is 0.0109. The third-order valence-corrected chi connectivity index (χ3v) is 11.0. The Morgan fingerprint density at radius 2 is 1.42 bits per heavy atom. The van der Waals surface area contributed by atoms with Crippen LogP contribution in [0.4, 0.5) is 5.95 Å². The van der Waals surface area contributed by atoms with Crippen molar-refractivity contribution in [2.24, 2.45) is 0 Å². The molecule has 0 aliphatic carbocycles. The Morgan fingerprint density at radius 3 is 2.10 bits per heavy atom. The average Bonchev–Trinajstić information content (AvgIpc) is 4.15. The van der Waals surface area contributed by atoms with Crippen LogP contribution < -0.4 is 26.0 Å². The lowest BCUT2D eigenvalue weighted by atomic mass is 10.0. The SMILES string of the molecule is O=C(COc1cccc2c1C(=O)N(C1CCC(=O)NC1=O)C2=O)NCCCCOCCOCCOCCOCCOCCOCCNC(=O)c1ccc(-c2cnc(NCc3ccco3)n3cnnc23)cc1. The number of aromatic nitrogens is 4. The van der Waals surface area contributed by atoms with Gasteiger partial charge in [0.1, 0.15) is 23.9 Å². The number of ether oxygens (including phenoxy) is 7. The summed E-state index contributed by atoms with van der Waals surface area (Å²) in [5, 5.41) is 19.3. The molecule has 7 rings (SSSR count). The van der Waals surface area contributed by atoms with E-state index in [4.69, 9.17) is 37.6 Å². The molecule has 6 amide bonds. The summed E-state index contributed by atoms with van der Waals surface area (Å²) < 4.78 is 46.0. The molecule has 0 spiro atoms. The van der Waals surface area contributed by atoms with Gasteiger partial charge in [-0.25, -0.2) is 4.98 Å². The zero-order chi connectivity index (χ0) is 49.6. The van der Waals surface area contributed by atoms with Crippen molar-refractivity contribution in [3.8, 4) is 16.9 Å². The fourth-order valence-electron chi connectivity index (χ4n) is 7.43. The molecule has 1 fully saturated rings. The van der Waals surface area contributed by atoms with Crippen molar-refractivity contribution in [3.05, 3.63) is 95.8 Å². The Morgan fingerprint density at radius 1 is 0.732 bits per heavy atom. The lowest BCUT2D eigenvalue weighted by Gasteiger charge is -2.27. The maximum atomic E-state index is 13.2. The van der Waals surface area contributed by atoms with Gasteiger partial charge in [0.25, 0.3) is 23.6 Å². The van der Waals surface area contributed by atoms with Gasteiger partial charge in [0, 0.05) is 43.4 Å². The van der Waals surface area contributed by atoms with E-state index in [9.17, 15) is 28.8 Å². The summed E-state index contributed by atoms with van der Waals surface area (Å²) >= 11 is 0. The minimum atomic E-state index is -1.10. The maximum Gasteiger partial charge on any atom is 0.266 e. The van der Waals surface area contributed by atoms with Gasteiger partial charge in [0.05, 0.1) is 96.6 Å². The van der Waals surface area contributed by atoms with Gasteiger partial charge in [-0.05, 0) is 61.2 Å². The molecule has 2 aromatic carbocycles. The highest BCUT2D eigenvalue weighted by Crippen LogP contribution is 2.33. The average molecular weight is 984 g/mol. The third-order valence-electron chi connectivity index (χ3n) is 11.0. The molecule has 23 heteroatoms. The number of hydrogen-bond donors (Lipinski definition) is 4. The Balaban J connectivity index is 0.610. The monoisotopic (exact) mass is 983 g/mol. The standard InChI is InChI=1S/C48H57N9O14/c58-40-13-12-38(45(61)54-40)57-46(62)36-6-3-7-39(42(36)47(57)63)71-31-41(59)49-14-1-2-16-64-19-21-66-23-25-68-27-28-69-26-24-67-22-20-65-18-15-50-44(60)34-10-8-33(9-11-34)37-30-52-48(56-32-53-55-43(37)56)51-29-35-5-4-17-70-35/h3-11,17,30,32,38H,1-2,12-16,18-29,31H2,(H,49,59)(H,50,60)(H,51,52)(H,54,58,61). The van der Waals surface area contributed by atoms with Crippen LogP contribution >= 0.6 is 0 Å². The number of nitrogens with one attached hydrogen (secondary N) is 4. The van der Waals surface area contributed by atoms with Crippen LogP contribution in [0.1, 0.15) is 62.5 Å². The molecular formula is C48H57N9O14. The molecule has 23 nitrogen and oxygen atoms in total. The first-order valence-electron chi connectivity index (χ1n) is 23.3. The molecule has 71 heavy (non-hydrogen) atoms. The second kappa shape index (κ2) is 27.3. The highest BCUT2D eigenvalue weighted by atomic mass is 16.6. The molecule has 0 radical (unpaired) electrons. The summed E-state index contributed by atoms with van der Waals surface area (Å²) in [4.78, 5) is 80.5. The van der Waals surface area contributed by atoms with E-state index in [1.807, 2.05) is 24.3 Å². The molecule has 0 bridgehead atoms. The predicted molar refractivity (Wildman–Crippen MR) is 250 cm³/mol. The van der Waals surface area contributed by atoms with Crippen molar-refractivity contribution in [2.75, 3.05) is 104 Å². The van der Waals surface area contributed by atoms with Crippen molar-refractivity contribution in [1.82, 2.24) is 40.4 Å². The molecule has 1 atom stereocenters. The van der Waals surface area contributed by atoms with E-state index in [0.29, 0.717) is 129 Å². The second-order valence-corrected chi connectivity index (χ2v) is 15.9. The fraction of sp³-hybridized carbons (Fsp3) is 0.438. The van der Waals surface area contributed by atoms with Gasteiger partial charge in [-0.2, -0.15) is 0 Å². The third kappa shape index (κ3) is 14.9. The Kier molecular flexibility index (Phi) is 19.9. The Labute approximate surface area is 408 Å². The van der Waals surface area contributed by atoms with Gasteiger partial charge in [-0.3, -0.25) is 43.4 Å². The molecule has 1 saturated heterocycles. The van der Waals surface area contributed by atoms with Gasteiger partial charge in [0.2, 0.25) is 17.8 Å². The summed E-state index contributed by atoms with van der Waals surface area (Å²) in [6, 6.07) is 14.3. The summed E-state index contributed by atoms with van der Waals surface area (Å²) in [6.45, 7) is 5.79. The molecule has 4 N–H and O–H groups in total. The van der Waals surface area contributed by atoms with Crippen LogP contribution in [0.5, 0.6) is 5.75 Å². The minimum Gasteiger partial charge on any atom is -0.483 e. The number of nitrogens with zero attached hydrogens (tertiary/aromatic N) is 5. The van der Waals surface area contributed by atoms with Crippen molar-refractivity contribution in [1.29, 1.82) is 0 Å². The molecule has 5 heterocycles. The number of unbranched alkanes of at least 4 members (excludes halogenated alkanes) is 1. The molecule has 2 aliphatic heterocycles. The molecule has 2 aliphatic rings. The Bertz CT molecular complexity index is 2550. The number of anilines is 1. The van der Waals surface area contributed by atoms with Gasteiger partial charge < -0.3 is 53.5 Å². The van der Waals surface area contributed by atoms with E-state index in [1.165, 1.54) is 18.2 Å². The number of piperidine rings is 1. The van der Waals surface area contributed by atoms with Crippen LogP contribution in [0.15, 0.2) is 77.8 Å². The lowest BCUT2D eigenvalue weighted by Crippen LogP contribution is -2.54. The number of rotatable bonds is 32. The number of imide groups is 2. The first kappa shape index (κ1) is 51.7. The number of fused-ring (bicyclic) bond motifs is 2. The van der Waals surface area contributed by atoms with Crippen molar-refractivity contribution in [3.63, 3.8) is 0 Å². The summed E-state index contributed by atoms with van der Waals surface area (Å²) in [6.07, 6.45) is 6.35. The second-order valence-electron chi connectivity index (χ2n) is 15.9.